The molecule has 0 aromatic heterocycles. The van der Waals surface area contributed by atoms with Gasteiger partial charge >= 0.3 is 0 Å². The number of rotatable bonds is 2. The van der Waals surface area contributed by atoms with Crippen LogP contribution in [-0.2, 0) is 0 Å². The van der Waals surface area contributed by atoms with Crippen LogP contribution in [0, 0.1) is 5.41 Å². The molecule has 1 unspecified atom stereocenters. The molecular weight excluding hydrogens is 204 g/mol. The van der Waals surface area contributed by atoms with Crippen LogP contribution < -0.4 is 0 Å². The van der Waals surface area contributed by atoms with E-state index in [0.29, 0.717) is 0 Å². The lowest BCUT2D eigenvalue weighted by Gasteiger charge is -2.17. The van der Waals surface area contributed by atoms with Gasteiger partial charge < -0.3 is 0 Å². The highest BCUT2D eigenvalue weighted by atomic mass is 14.2. The first-order valence-electron chi connectivity index (χ1n) is 6.65. The van der Waals surface area contributed by atoms with Gasteiger partial charge in [0.05, 0.1) is 0 Å². The van der Waals surface area contributed by atoms with Crippen molar-refractivity contribution in [3.63, 3.8) is 0 Å². The van der Waals surface area contributed by atoms with Gasteiger partial charge in [0.2, 0.25) is 0 Å². The Labute approximate surface area is 105 Å². The fraction of sp³-hybridized carbons (Fsp3) is 0.412. The monoisotopic (exact) mass is 226 g/mol. The van der Waals surface area contributed by atoms with E-state index >= 15 is 0 Å². The molecule has 0 aromatic rings. The summed E-state index contributed by atoms with van der Waals surface area (Å²) in [5.74, 6) is 0. The molecule has 90 valence electrons. The van der Waals surface area contributed by atoms with E-state index in [1.807, 2.05) is 0 Å². The van der Waals surface area contributed by atoms with Gasteiger partial charge in [-0.05, 0) is 30.4 Å². The first kappa shape index (κ1) is 12.2. The average Bonchev–Trinajstić information content (AvgIpc) is 2.63. The Hall–Kier alpha value is -1.30. The van der Waals surface area contributed by atoms with Crippen molar-refractivity contribution in [2.45, 2.75) is 40.0 Å². The maximum absolute atomic E-state index is 2.36. The third-order valence-electron chi connectivity index (χ3n) is 3.92. The van der Waals surface area contributed by atoms with Crippen molar-refractivity contribution in [3.8, 4) is 0 Å². The lowest BCUT2D eigenvalue weighted by molar-refractivity contribution is 0.531. The minimum absolute atomic E-state index is 0.213. The summed E-state index contributed by atoms with van der Waals surface area (Å²) < 4.78 is 0. The summed E-state index contributed by atoms with van der Waals surface area (Å²) in [7, 11) is 0. The molecule has 0 aliphatic heterocycles. The molecule has 17 heavy (non-hydrogen) atoms. The van der Waals surface area contributed by atoms with Crippen LogP contribution in [0.1, 0.15) is 40.0 Å². The van der Waals surface area contributed by atoms with Gasteiger partial charge in [0, 0.05) is 5.41 Å². The lowest BCUT2D eigenvalue weighted by Crippen LogP contribution is -2.06. The summed E-state index contributed by atoms with van der Waals surface area (Å²) >= 11 is 0. The van der Waals surface area contributed by atoms with Crippen LogP contribution in [0.5, 0.6) is 0 Å². The molecule has 0 N–H and O–H groups in total. The SMILES string of the molecule is CCC1=CC=C2C=CC(C)(CC)C=CC2=CC1. The first-order chi connectivity index (χ1) is 8.17. The van der Waals surface area contributed by atoms with E-state index in [2.05, 4.69) is 63.3 Å². The minimum Gasteiger partial charge on any atom is -0.0742 e. The van der Waals surface area contributed by atoms with Gasteiger partial charge in [0.15, 0.2) is 0 Å². The van der Waals surface area contributed by atoms with E-state index in [1.165, 1.54) is 16.7 Å². The number of hydrogen-bond acceptors (Lipinski definition) is 0. The number of fused-ring (bicyclic) bond motifs is 1. The van der Waals surface area contributed by atoms with Crippen LogP contribution in [0.4, 0.5) is 0 Å². The molecule has 0 nitrogen and oxygen atoms in total. The second-order valence-electron chi connectivity index (χ2n) is 5.19. The largest absolute Gasteiger partial charge is 0.0742 e. The van der Waals surface area contributed by atoms with E-state index < -0.39 is 0 Å². The van der Waals surface area contributed by atoms with E-state index in [1.54, 1.807) is 0 Å². The van der Waals surface area contributed by atoms with Gasteiger partial charge in [-0.1, -0.05) is 68.9 Å². The highest BCUT2D eigenvalue weighted by molar-refractivity contribution is 5.52. The van der Waals surface area contributed by atoms with E-state index in [4.69, 9.17) is 0 Å². The molecule has 0 spiro atoms. The van der Waals surface area contributed by atoms with Crippen molar-refractivity contribution in [2.24, 2.45) is 5.41 Å². The van der Waals surface area contributed by atoms with Crippen molar-refractivity contribution in [3.05, 3.63) is 59.3 Å². The van der Waals surface area contributed by atoms with E-state index in [-0.39, 0.29) is 5.41 Å². The predicted molar refractivity (Wildman–Crippen MR) is 75.8 cm³/mol. The third kappa shape index (κ3) is 2.69. The normalized spacial score (nSPS) is 27.6. The van der Waals surface area contributed by atoms with Gasteiger partial charge in [-0.25, -0.2) is 0 Å². The highest BCUT2D eigenvalue weighted by Crippen LogP contribution is 2.32. The summed E-state index contributed by atoms with van der Waals surface area (Å²) in [6.45, 7) is 6.76. The Kier molecular flexibility index (Phi) is 3.51. The molecule has 2 aliphatic rings. The van der Waals surface area contributed by atoms with Crippen LogP contribution in [0.3, 0.4) is 0 Å². The van der Waals surface area contributed by atoms with Crippen molar-refractivity contribution in [2.75, 3.05) is 0 Å². The highest BCUT2D eigenvalue weighted by Gasteiger charge is 2.17. The molecule has 0 fully saturated rings. The first-order valence-corrected chi connectivity index (χ1v) is 6.65. The summed E-state index contributed by atoms with van der Waals surface area (Å²) in [6, 6.07) is 0. The summed E-state index contributed by atoms with van der Waals surface area (Å²) in [5, 5.41) is 0. The predicted octanol–water partition coefficient (Wildman–Crippen LogP) is 5.12. The molecule has 0 saturated carbocycles. The second-order valence-corrected chi connectivity index (χ2v) is 5.19. The molecule has 0 aromatic carbocycles. The Morgan fingerprint density at radius 1 is 1.06 bits per heavy atom. The second kappa shape index (κ2) is 4.91. The van der Waals surface area contributed by atoms with Crippen LogP contribution >= 0.6 is 0 Å². The molecule has 2 aliphatic carbocycles. The zero-order chi connectivity index (χ0) is 12.3. The number of hydrogen-bond donors (Lipinski definition) is 0. The zero-order valence-electron chi connectivity index (χ0n) is 11.2. The Balaban J connectivity index is 2.37. The summed E-state index contributed by atoms with van der Waals surface area (Å²) in [6.07, 6.45) is 19.5. The van der Waals surface area contributed by atoms with Crippen LogP contribution in [0.25, 0.3) is 0 Å². The van der Waals surface area contributed by atoms with E-state index in [9.17, 15) is 0 Å². The summed E-state index contributed by atoms with van der Waals surface area (Å²) in [5.41, 5.74) is 4.45. The smallest absolute Gasteiger partial charge is 0.00367 e. The molecular formula is C17H22. The quantitative estimate of drug-likeness (QED) is 0.613. The van der Waals surface area contributed by atoms with Crippen LogP contribution in [-0.4, -0.2) is 0 Å². The van der Waals surface area contributed by atoms with Crippen LogP contribution in [0.2, 0.25) is 0 Å². The van der Waals surface area contributed by atoms with Gasteiger partial charge in [0.25, 0.3) is 0 Å². The van der Waals surface area contributed by atoms with Gasteiger partial charge in [0.1, 0.15) is 0 Å². The maximum atomic E-state index is 2.36. The maximum Gasteiger partial charge on any atom is 0.00367 e. The molecule has 0 bridgehead atoms. The Morgan fingerprint density at radius 2 is 1.76 bits per heavy atom. The van der Waals surface area contributed by atoms with Crippen molar-refractivity contribution in [1.82, 2.24) is 0 Å². The molecule has 1 atom stereocenters. The fourth-order valence-electron chi connectivity index (χ4n) is 2.16. The number of allylic oxidation sites excluding steroid dienone is 10. The average molecular weight is 226 g/mol. The molecule has 0 heteroatoms. The molecule has 2 rings (SSSR count). The van der Waals surface area contributed by atoms with Gasteiger partial charge in [-0.15, -0.1) is 0 Å². The Morgan fingerprint density at radius 3 is 2.41 bits per heavy atom. The fourth-order valence-corrected chi connectivity index (χ4v) is 2.16. The third-order valence-corrected chi connectivity index (χ3v) is 3.92. The molecule has 0 heterocycles. The Bertz CT molecular complexity index is 441. The topological polar surface area (TPSA) is 0 Å². The summed E-state index contributed by atoms with van der Waals surface area (Å²) in [4.78, 5) is 0. The van der Waals surface area contributed by atoms with E-state index in [0.717, 1.165) is 19.3 Å². The minimum atomic E-state index is 0.213. The zero-order valence-corrected chi connectivity index (χ0v) is 11.2. The molecule has 0 saturated heterocycles. The van der Waals surface area contributed by atoms with Crippen molar-refractivity contribution in [1.29, 1.82) is 0 Å². The lowest BCUT2D eigenvalue weighted by atomic mass is 9.87. The standard InChI is InChI=1S/C17H22/c1-4-14-6-8-15-10-12-17(3,5-2)13-11-16(15)9-7-14/h6,8-13H,4-5,7H2,1-3H3. The van der Waals surface area contributed by atoms with Gasteiger partial charge in [-0.3, -0.25) is 0 Å². The van der Waals surface area contributed by atoms with Gasteiger partial charge in [-0.2, -0.15) is 0 Å². The molecule has 0 amide bonds. The van der Waals surface area contributed by atoms with Crippen molar-refractivity contribution < 1.29 is 0 Å². The van der Waals surface area contributed by atoms with Crippen molar-refractivity contribution >= 4 is 0 Å². The van der Waals surface area contributed by atoms with Crippen LogP contribution in [0.15, 0.2) is 59.3 Å². The molecule has 0 radical (unpaired) electrons.